The van der Waals surface area contributed by atoms with Gasteiger partial charge < -0.3 is 4.90 Å². The normalized spacial score (nSPS) is 11.3. The van der Waals surface area contributed by atoms with E-state index in [1.54, 1.807) is 14.1 Å². The maximum Gasteiger partial charge on any atom is 0.417 e. The lowest BCUT2D eigenvalue weighted by atomic mass is 10.1. The molecule has 0 amide bonds. The molecule has 0 saturated carbocycles. The molecule has 0 bridgehead atoms. The smallest absolute Gasteiger partial charge is 0.377 e. The maximum atomic E-state index is 12.5. The third-order valence-corrected chi connectivity index (χ3v) is 1.99. The van der Waals surface area contributed by atoms with Crippen LogP contribution in [-0.2, 0) is 6.18 Å². The molecule has 0 aliphatic heterocycles. The molecule has 1 rings (SSSR count). The van der Waals surface area contributed by atoms with Crippen LogP contribution in [0.5, 0.6) is 0 Å². The molecule has 1 aromatic carbocycles. The van der Waals surface area contributed by atoms with Crippen LogP contribution in [0.3, 0.4) is 0 Å². The maximum absolute atomic E-state index is 12.5. The molecule has 1 aromatic rings. The Morgan fingerprint density at radius 2 is 1.87 bits per heavy atom. The summed E-state index contributed by atoms with van der Waals surface area (Å²) < 4.78 is 37.5. The van der Waals surface area contributed by atoms with Gasteiger partial charge in [0.25, 0.3) is 0 Å². The zero-order chi connectivity index (χ0) is 11.6. The second-order valence-corrected chi connectivity index (χ2v) is 3.25. The van der Waals surface area contributed by atoms with Gasteiger partial charge in [0.15, 0.2) is 6.29 Å². The van der Waals surface area contributed by atoms with Crippen molar-refractivity contribution in [1.82, 2.24) is 0 Å². The molecular weight excluding hydrogens is 207 g/mol. The molecule has 0 atom stereocenters. The molecule has 82 valence electrons. The molecule has 0 aliphatic carbocycles. The lowest BCUT2D eigenvalue weighted by molar-refractivity contribution is -0.137. The number of carbonyl (C=O) groups excluding carboxylic acids is 1. The van der Waals surface area contributed by atoms with Gasteiger partial charge in [-0.1, -0.05) is 6.07 Å². The van der Waals surface area contributed by atoms with Gasteiger partial charge in [-0.3, -0.25) is 4.79 Å². The first kappa shape index (κ1) is 11.6. The fourth-order valence-corrected chi connectivity index (χ4v) is 1.31. The molecule has 0 saturated heterocycles. The first-order chi connectivity index (χ1) is 6.88. The highest BCUT2D eigenvalue weighted by Crippen LogP contribution is 2.34. The summed E-state index contributed by atoms with van der Waals surface area (Å²) in [6, 6.07) is 3.65. The molecule has 0 unspecified atom stereocenters. The number of nitrogens with zero attached hydrogens (tertiary/aromatic N) is 1. The van der Waals surface area contributed by atoms with Crippen molar-refractivity contribution in [2.45, 2.75) is 6.18 Å². The van der Waals surface area contributed by atoms with E-state index in [0.717, 1.165) is 6.07 Å². The molecule has 0 heterocycles. The largest absolute Gasteiger partial charge is 0.417 e. The highest BCUT2D eigenvalue weighted by Gasteiger charge is 2.34. The highest BCUT2D eigenvalue weighted by atomic mass is 19.4. The van der Waals surface area contributed by atoms with Crippen molar-refractivity contribution in [2.75, 3.05) is 19.0 Å². The summed E-state index contributed by atoms with van der Waals surface area (Å²) in [5.74, 6) is 0. The van der Waals surface area contributed by atoms with E-state index in [1.807, 2.05) is 0 Å². The van der Waals surface area contributed by atoms with E-state index in [-0.39, 0.29) is 17.5 Å². The number of carbonyl (C=O) groups is 1. The lowest BCUT2D eigenvalue weighted by Gasteiger charge is -2.18. The van der Waals surface area contributed by atoms with Crippen molar-refractivity contribution in [1.29, 1.82) is 0 Å². The Labute approximate surface area is 85.3 Å². The monoisotopic (exact) mass is 217 g/mol. The Morgan fingerprint density at radius 1 is 1.27 bits per heavy atom. The van der Waals surface area contributed by atoms with Crippen LogP contribution in [0.4, 0.5) is 18.9 Å². The van der Waals surface area contributed by atoms with Crippen LogP contribution >= 0.6 is 0 Å². The van der Waals surface area contributed by atoms with Crippen LogP contribution in [0.1, 0.15) is 15.9 Å². The molecule has 0 aliphatic rings. The minimum absolute atomic E-state index is 0.234. The summed E-state index contributed by atoms with van der Waals surface area (Å²) >= 11 is 0. The summed E-state index contributed by atoms with van der Waals surface area (Å²) in [5.41, 5.74) is -0.960. The summed E-state index contributed by atoms with van der Waals surface area (Å²) in [7, 11) is 3.17. The number of alkyl halides is 3. The SMILES string of the molecule is CN(C)c1cccc(C(F)(F)F)c1C=O. The Hall–Kier alpha value is -1.52. The second-order valence-electron chi connectivity index (χ2n) is 3.25. The number of hydrogen-bond acceptors (Lipinski definition) is 2. The average Bonchev–Trinajstić information content (AvgIpc) is 2.15. The number of hydrogen-bond donors (Lipinski definition) is 0. The van der Waals surface area contributed by atoms with Crippen LogP contribution < -0.4 is 4.90 Å². The van der Waals surface area contributed by atoms with Crippen LogP contribution in [-0.4, -0.2) is 20.4 Å². The Morgan fingerprint density at radius 3 is 2.27 bits per heavy atom. The van der Waals surface area contributed by atoms with Gasteiger partial charge in [-0.15, -0.1) is 0 Å². The molecule has 15 heavy (non-hydrogen) atoms. The summed E-state index contributed by atoms with van der Waals surface area (Å²) in [5, 5.41) is 0. The molecule has 2 nitrogen and oxygen atoms in total. The number of benzene rings is 1. The molecular formula is C10H10F3NO. The first-order valence-electron chi connectivity index (χ1n) is 4.20. The van der Waals surface area contributed by atoms with E-state index in [9.17, 15) is 18.0 Å². The van der Waals surface area contributed by atoms with Gasteiger partial charge in [-0.2, -0.15) is 13.2 Å². The van der Waals surface area contributed by atoms with Gasteiger partial charge >= 0.3 is 6.18 Å². The first-order valence-corrected chi connectivity index (χ1v) is 4.20. The Kier molecular flexibility index (Phi) is 3.02. The summed E-state index contributed by atoms with van der Waals surface area (Å²) in [6.45, 7) is 0. The van der Waals surface area contributed by atoms with E-state index in [0.29, 0.717) is 0 Å². The van der Waals surface area contributed by atoms with Crippen molar-refractivity contribution >= 4 is 12.0 Å². The number of aldehydes is 1. The van der Waals surface area contributed by atoms with Crippen LogP contribution in [0.25, 0.3) is 0 Å². The predicted molar refractivity (Wildman–Crippen MR) is 51.2 cm³/mol. The standard InChI is InChI=1S/C10H10F3NO/c1-14(2)9-5-3-4-8(7(9)6-15)10(11,12)13/h3-6H,1-2H3. The fraction of sp³-hybridized carbons (Fsp3) is 0.300. The number of halogens is 3. The fourth-order valence-electron chi connectivity index (χ4n) is 1.31. The van der Waals surface area contributed by atoms with Gasteiger partial charge in [0.1, 0.15) is 0 Å². The van der Waals surface area contributed by atoms with Crippen molar-refractivity contribution in [3.8, 4) is 0 Å². The van der Waals surface area contributed by atoms with E-state index in [4.69, 9.17) is 0 Å². The van der Waals surface area contributed by atoms with Crippen LogP contribution in [0, 0.1) is 0 Å². The molecule has 0 fully saturated rings. The molecule has 5 heteroatoms. The van der Waals surface area contributed by atoms with Crippen molar-refractivity contribution in [3.05, 3.63) is 29.3 Å². The third-order valence-electron chi connectivity index (χ3n) is 1.99. The van der Waals surface area contributed by atoms with Gasteiger partial charge in [0.05, 0.1) is 5.56 Å². The quantitative estimate of drug-likeness (QED) is 0.709. The van der Waals surface area contributed by atoms with Crippen molar-refractivity contribution in [2.24, 2.45) is 0 Å². The van der Waals surface area contributed by atoms with E-state index in [1.165, 1.54) is 17.0 Å². The molecule has 0 N–H and O–H groups in total. The van der Waals surface area contributed by atoms with E-state index >= 15 is 0 Å². The summed E-state index contributed by atoms with van der Waals surface area (Å²) in [4.78, 5) is 12.1. The topological polar surface area (TPSA) is 20.3 Å². The van der Waals surface area contributed by atoms with Crippen LogP contribution in [0.15, 0.2) is 18.2 Å². The second kappa shape index (κ2) is 3.92. The van der Waals surface area contributed by atoms with Crippen LogP contribution in [0.2, 0.25) is 0 Å². The minimum atomic E-state index is -4.50. The number of rotatable bonds is 2. The minimum Gasteiger partial charge on any atom is -0.377 e. The zero-order valence-electron chi connectivity index (χ0n) is 8.30. The van der Waals surface area contributed by atoms with Gasteiger partial charge in [-0.05, 0) is 12.1 Å². The lowest BCUT2D eigenvalue weighted by Crippen LogP contribution is -2.16. The third kappa shape index (κ3) is 2.29. The molecule has 0 aromatic heterocycles. The van der Waals surface area contributed by atoms with Gasteiger partial charge in [-0.25, -0.2) is 0 Å². The highest BCUT2D eigenvalue weighted by molar-refractivity contribution is 5.87. The van der Waals surface area contributed by atoms with Crippen molar-refractivity contribution in [3.63, 3.8) is 0 Å². The van der Waals surface area contributed by atoms with Gasteiger partial charge in [0.2, 0.25) is 0 Å². The summed E-state index contributed by atoms with van der Waals surface area (Å²) in [6.07, 6.45) is -4.26. The molecule has 0 radical (unpaired) electrons. The predicted octanol–water partition coefficient (Wildman–Crippen LogP) is 2.58. The zero-order valence-corrected chi connectivity index (χ0v) is 8.30. The molecule has 0 spiro atoms. The van der Waals surface area contributed by atoms with E-state index < -0.39 is 11.7 Å². The van der Waals surface area contributed by atoms with E-state index in [2.05, 4.69) is 0 Å². The Bertz CT molecular complexity index is 371. The van der Waals surface area contributed by atoms with Gasteiger partial charge in [0, 0.05) is 25.3 Å². The van der Waals surface area contributed by atoms with Crippen molar-refractivity contribution < 1.29 is 18.0 Å². The Balaban J connectivity index is 3.42. The number of anilines is 1. The average molecular weight is 217 g/mol.